The van der Waals surface area contributed by atoms with Crippen molar-refractivity contribution in [3.05, 3.63) is 70.8 Å². The maximum atomic E-state index is 13.2. The second-order valence-corrected chi connectivity index (χ2v) is 7.01. The van der Waals surface area contributed by atoms with Crippen LogP contribution in [0.15, 0.2) is 58.5 Å². The van der Waals surface area contributed by atoms with E-state index in [1.54, 1.807) is 19.1 Å². The zero-order valence-electron chi connectivity index (χ0n) is 13.4. The van der Waals surface area contributed by atoms with Crippen molar-refractivity contribution in [1.29, 1.82) is 0 Å². The fourth-order valence-corrected chi connectivity index (χ4v) is 3.19. The first-order valence-corrected chi connectivity index (χ1v) is 8.56. The topological polar surface area (TPSA) is 72.5 Å². The van der Waals surface area contributed by atoms with Crippen LogP contribution >= 0.6 is 0 Å². The smallest absolute Gasteiger partial charge is 0.351 e. The van der Waals surface area contributed by atoms with E-state index >= 15 is 0 Å². The number of esters is 1. The molecule has 0 atom stereocenters. The van der Waals surface area contributed by atoms with Gasteiger partial charge in [-0.05, 0) is 31.2 Å². The number of carbonyl (C=O) groups is 1. The number of hydrogen-bond acceptors (Lipinski definition) is 5. The predicted octanol–water partition coefficient (Wildman–Crippen LogP) is 3.17. The molecule has 2 aromatic rings. The summed E-state index contributed by atoms with van der Waals surface area (Å²) in [4.78, 5) is 11.1. The molecule has 0 fully saturated rings. The zero-order valence-corrected chi connectivity index (χ0v) is 14.2. The van der Waals surface area contributed by atoms with Crippen molar-refractivity contribution in [2.75, 3.05) is 12.4 Å². The molecule has 1 N–H and O–H groups in total. The van der Waals surface area contributed by atoms with Crippen LogP contribution in [0.4, 0.5) is 14.5 Å². The Morgan fingerprint density at radius 3 is 2.28 bits per heavy atom. The SMILES string of the molecule is COC(=O)C(=CNc1ccc(F)c(F)c1)S(=O)(=O)c1ccc(C)cc1. The van der Waals surface area contributed by atoms with Crippen molar-refractivity contribution in [2.24, 2.45) is 0 Å². The van der Waals surface area contributed by atoms with E-state index in [1.807, 2.05) is 0 Å². The van der Waals surface area contributed by atoms with Crippen molar-refractivity contribution in [3.63, 3.8) is 0 Å². The number of methoxy groups -OCH3 is 1. The standard InChI is InChI=1S/C17H15F2NO4S/c1-11-3-6-13(7-4-11)25(22,23)16(17(21)24-2)10-20-12-5-8-14(18)15(19)9-12/h3-10,20H,1-2H3. The molecule has 0 aliphatic rings. The van der Waals surface area contributed by atoms with E-state index in [-0.39, 0.29) is 10.6 Å². The highest BCUT2D eigenvalue weighted by atomic mass is 32.2. The number of anilines is 1. The van der Waals surface area contributed by atoms with E-state index in [0.717, 1.165) is 31.0 Å². The minimum atomic E-state index is -4.16. The Morgan fingerprint density at radius 2 is 1.72 bits per heavy atom. The van der Waals surface area contributed by atoms with E-state index in [2.05, 4.69) is 10.1 Å². The van der Waals surface area contributed by atoms with Gasteiger partial charge in [0.1, 0.15) is 0 Å². The minimum absolute atomic E-state index is 0.0689. The van der Waals surface area contributed by atoms with Crippen LogP contribution in [0.2, 0.25) is 0 Å². The number of benzene rings is 2. The van der Waals surface area contributed by atoms with Gasteiger partial charge in [-0.2, -0.15) is 0 Å². The molecule has 0 unspecified atom stereocenters. The lowest BCUT2D eigenvalue weighted by molar-refractivity contribution is -0.135. The van der Waals surface area contributed by atoms with Gasteiger partial charge in [-0.15, -0.1) is 0 Å². The molecule has 5 nitrogen and oxygen atoms in total. The summed E-state index contributed by atoms with van der Waals surface area (Å²) in [6, 6.07) is 8.80. The summed E-state index contributed by atoms with van der Waals surface area (Å²) in [6.45, 7) is 1.79. The first-order valence-electron chi connectivity index (χ1n) is 7.07. The van der Waals surface area contributed by atoms with Gasteiger partial charge >= 0.3 is 5.97 Å². The molecule has 0 amide bonds. The summed E-state index contributed by atoms with van der Waals surface area (Å²) in [7, 11) is -3.12. The van der Waals surface area contributed by atoms with Crippen molar-refractivity contribution >= 4 is 21.5 Å². The van der Waals surface area contributed by atoms with Gasteiger partial charge in [0.2, 0.25) is 9.84 Å². The molecule has 2 rings (SSSR count). The average molecular weight is 367 g/mol. The number of hydrogen-bond donors (Lipinski definition) is 1. The van der Waals surface area contributed by atoms with Gasteiger partial charge in [-0.1, -0.05) is 17.7 Å². The highest BCUT2D eigenvalue weighted by Crippen LogP contribution is 2.22. The Kier molecular flexibility index (Phi) is 5.53. The third-order valence-electron chi connectivity index (χ3n) is 3.30. The molecule has 132 valence electrons. The van der Waals surface area contributed by atoms with Crippen LogP contribution in [0.1, 0.15) is 5.56 Å². The lowest BCUT2D eigenvalue weighted by Gasteiger charge is -2.09. The molecule has 0 aromatic heterocycles. The van der Waals surface area contributed by atoms with Crippen LogP contribution in [0.3, 0.4) is 0 Å². The monoisotopic (exact) mass is 367 g/mol. The van der Waals surface area contributed by atoms with Crippen LogP contribution in [-0.2, 0) is 19.4 Å². The summed E-state index contributed by atoms with van der Waals surface area (Å²) in [5.41, 5.74) is 0.918. The van der Waals surface area contributed by atoms with Crippen molar-refractivity contribution in [2.45, 2.75) is 11.8 Å². The van der Waals surface area contributed by atoms with E-state index in [4.69, 9.17) is 0 Å². The zero-order chi connectivity index (χ0) is 18.6. The Balaban J connectivity index is 2.42. The van der Waals surface area contributed by atoms with Gasteiger partial charge in [0.05, 0.1) is 12.0 Å². The Morgan fingerprint density at radius 1 is 1.08 bits per heavy atom. The molecular formula is C17H15F2NO4S. The molecular weight excluding hydrogens is 352 g/mol. The predicted molar refractivity (Wildman–Crippen MR) is 88.4 cm³/mol. The van der Waals surface area contributed by atoms with Crippen LogP contribution in [-0.4, -0.2) is 21.5 Å². The molecule has 25 heavy (non-hydrogen) atoms. The number of rotatable bonds is 5. The third-order valence-corrected chi connectivity index (χ3v) is 5.05. The molecule has 0 saturated heterocycles. The first-order chi connectivity index (χ1) is 11.8. The maximum Gasteiger partial charge on any atom is 0.351 e. The van der Waals surface area contributed by atoms with E-state index in [1.165, 1.54) is 18.2 Å². The highest BCUT2D eigenvalue weighted by Gasteiger charge is 2.28. The molecule has 0 aliphatic carbocycles. The van der Waals surface area contributed by atoms with Gasteiger partial charge in [-0.3, -0.25) is 0 Å². The number of aryl methyl sites for hydroxylation is 1. The van der Waals surface area contributed by atoms with Gasteiger partial charge in [0.15, 0.2) is 16.5 Å². The molecule has 0 radical (unpaired) electrons. The maximum absolute atomic E-state index is 13.2. The molecule has 0 aliphatic heterocycles. The Hall–Kier alpha value is -2.74. The third kappa shape index (κ3) is 4.21. The quantitative estimate of drug-likeness (QED) is 0.649. The van der Waals surface area contributed by atoms with Gasteiger partial charge < -0.3 is 10.1 Å². The summed E-state index contributed by atoms with van der Waals surface area (Å²) < 4.78 is 56.0. The normalized spacial score (nSPS) is 11.9. The summed E-state index contributed by atoms with van der Waals surface area (Å²) >= 11 is 0. The summed E-state index contributed by atoms with van der Waals surface area (Å²) in [5, 5.41) is 2.47. The fourth-order valence-electron chi connectivity index (χ4n) is 1.93. The molecule has 0 heterocycles. The second-order valence-electron chi connectivity index (χ2n) is 5.09. The largest absolute Gasteiger partial charge is 0.465 e. The number of nitrogens with one attached hydrogen (secondary N) is 1. The lowest BCUT2D eigenvalue weighted by atomic mass is 10.2. The van der Waals surface area contributed by atoms with Gasteiger partial charge in [0, 0.05) is 18.0 Å². The number of carbonyl (C=O) groups excluding carboxylic acids is 1. The number of ether oxygens (including phenoxy) is 1. The first kappa shape index (κ1) is 18.6. The molecule has 8 heteroatoms. The van der Waals surface area contributed by atoms with Gasteiger partial charge in [0.25, 0.3) is 0 Å². The van der Waals surface area contributed by atoms with Crippen molar-refractivity contribution < 1.29 is 26.7 Å². The van der Waals surface area contributed by atoms with Crippen LogP contribution < -0.4 is 5.32 Å². The molecule has 0 bridgehead atoms. The van der Waals surface area contributed by atoms with Crippen molar-refractivity contribution in [3.8, 4) is 0 Å². The van der Waals surface area contributed by atoms with Crippen LogP contribution in [0.25, 0.3) is 0 Å². The Labute approximate surface area is 143 Å². The molecule has 2 aromatic carbocycles. The number of halogens is 2. The average Bonchev–Trinajstić information content (AvgIpc) is 2.58. The molecule has 0 spiro atoms. The summed E-state index contributed by atoms with van der Waals surface area (Å²) in [5.74, 6) is -3.25. The van der Waals surface area contributed by atoms with E-state index in [9.17, 15) is 22.0 Å². The highest BCUT2D eigenvalue weighted by molar-refractivity contribution is 7.96. The van der Waals surface area contributed by atoms with Crippen molar-refractivity contribution in [1.82, 2.24) is 0 Å². The lowest BCUT2D eigenvalue weighted by Crippen LogP contribution is -2.17. The molecule has 0 saturated carbocycles. The van der Waals surface area contributed by atoms with Crippen LogP contribution in [0, 0.1) is 18.6 Å². The van der Waals surface area contributed by atoms with Gasteiger partial charge in [-0.25, -0.2) is 22.0 Å². The van der Waals surface area contributed by atoms with E-state index in [0.29, 0.717) is 0 Å². The minimum Gasteiger partial charge on any atom is -0.465 e. The Bertz CT molecular complexity index is 922. The summed E-state index contributed by atoms with van der Waals surface area (Å²) in [6.07, 6.45) is 0.883. The fraction of sp³-hybridized carbons (Fsp3) is 0.118. The van der Waals surface area contributed by atoms with E-state index < -0.39 is 32.3 Å². The number of sulfone groups is 1. The van der Waals surface area contributed by atoms with Crippen LogP contribution in [0.5, 0.6) is 0 Å². The second kappa shape index (κ2) is 7.43.